The summed E-state index contributed by atoms with van der Waals surface area (Å²) in [5, 5.41) is 1.99. The topological polar surface area (TPSA) is 32.7 Å². The first-order valence-electron chi connectivity index (χ1n) is 8.87. The lowest BCUT2D eigenvalue weighted by molar-refractivity contribution is -0.121. The zero-order chi connectivity index (χ0) is 20.4. The summed E-state index contributed by atoms with van der Waals surface area (Å²) >= 11 is 13.3. The fourth-order valence-corrected chi connectivity index (χ4v) is 4.12. The molecule has 3 nitrogen and oxygen atoms in total. The fraction of sp³-hybridized carbons (Fsp3) is 0.0435. The van der Waals surface area contributed by atoms with Gasteiger partial charge in [0.1, 0.15) is 0 Å². The standard InChI is InChI=1S/C23H16Cl2N2OS/c1-27-22(28)21(29-23(27)26-20-11-9-19(25)10-12-20)14-15-3-2-4-17(13-15)16-5-7-18(24)8-6-16/h2-14H,1H3/b21-14-,26-23?. The molecule has 0 N–H and O–H groups in total. The lowest BCUT2D eigenvalue weighted by Crippen LogP contribution is -2.23. The third kappa shape index (κ3) is 4.56. The Morgan fingerprint density at radius 3 is 2.24 bits per heavy atom. The van der Waals surface area contributed by atoms with Gasteiger partial charge in [-0.3, -0.25) is 9.69 Å². The Bertz CT molecular complexity index is 1120. The molecule has 0 aliphatic carbocycles. The van der Waals surface area contributed by atoms with Crippen molar-refractivity contribution in [2.75, 3.05) is 7.05 Å². The minimum atomic E-state index is -0.0698. The molecule has 3 aromatic carbocycles. The Labute approximate surface area is 183 Å². The molecule has 0 atom stereocenters. The minimum absolute atomic E-state index is 0.0698. The predicted octanol–water partition coefficient (Wildman–Crippen LogP) is 6.89. The van der Waals surface area contributed by atoms with Crippen molar-refractivity contribution in [1.82, 2.24) is 4.90 Å². The molecule has 0 radical (unpaired) electrons. The van der Waals surface area contributed by atoms with Crippen LogP contribution in [-0.4, -0.2) is 23.0 Å². The number of likely N-dealkylation sites (N-methyl/N-ethyl adjacent to an activating group) is 1. The van der Waals surface area contributed by atoms with Crippen molar-refractivity contribution in [2.45, 2.75) is 0 Å². The van der Waals surface area contributed by atoms with E-state index in [1.54, 1.807) is 24.1 Å². The highest BCUT2D eigenvalue weighted by atomic mass is 35.5. The average molecular weight is 439 g/mol. The number of rotatable bonds is 3. The van der Waals surface area contributed by atoms with Gasteiger partial charge in [0.05, 0.1) is 10.6 Å². The van der Waals surface area contributed by atoms with E-state index >= 15 is 0 Å². The maximum atomic E-state index is 12.7. The van der Waals surface area contributed by atoms with E-state index in [0.717, 1.165) is 22.4 Å². The number of halogens is 2. The number of hydrogen-bond donors (Lipinski definition) is 0. The highest BCUT2D eigenvalue weighted by molar-refractivity contribution is 8.18. The molecule has 0 bridgehead atoms. The van der Waals surface area contributed by atoms with Gasteiger partial charge in [0.25, 0.3) is 5.91 Å². The summed E-state index contributed by atoms with van der Waals surface area (Å²) in [4.78, 5) is 19.4. The molecule has 1 fully saturated rings. The molecule has 1 saturated heterocycles. The molecule has 0 spiro atoms. The highest BCUT2D eigenvalue weighted by Crippen LogP contribution is 2.34. The van der Waals surface area contributed by atoms with Crippen molar-refractivity contribution >= 4 is 57.8 Å². The van der Waals surface area contributed by atoms with Crippen molar-refractivity contribution in [3.63, 3.8) is 0 Å². The first kappa shape index (κ1) is 19.8. The zero-order valence-corrected chi connectivity index (χ0v) is 17.8. The van der Waals surface area contributed by atoms with Crippen LogP contribution in [0.2, 0.25) is 10.0 Å². The van der Waals surface area contributed by atoms with Crippen LogP contribution in [0.4, 0.5) is 5.69 Å². The Balaban J connectivity index is 1.61. The van der Waals surface area contributed by atoms with Gasteiger partial charge in [-0.15, -0.1) is 0 Å². The summed E-state index contributed by atoms with van der Waals surface area (Å²) in [5.74, 6) is -0.0698. The van der Waals surface area contributed by atoms with Crippen LogP contribution >= 0.6 is 35.0 Å². The van der Waals surface area contributed by atoms with E-state index in [1.807, 2.05) is 60.7 Å². The Hall–Kier alpha value is -2.53. The van der Waals surface area contributed by atoms with Crippen molar-refractivity contribution in [3.05, 3.63) is 93.3 Å². The predicted molar refractivity (Wildman–Crippen MR) is 124 cm³/mol. The van der Waals surface area contributed by atoms with Crippen LogP contribution in [0.25, 0.3) is 17.2 Å². The van der Waals surface area contributed by atoms with Crippen LogP contribution in [0.1, 0.15) is 5.56 Å². The summed E-state index contributed by atoms with van der Waals surface area (Å²) in [6.07, 6.45) is 1.90. The molecule has 29 heavy (non-hydrogen) atoms. The molecule has 0 saturated carbocycles. The van der Waals surface area contributed by atoms with Gasteiger partial charge < -0.3 is 0 Å². The second-order valence-corrected chi connectivity index (χ2v) is 8.36. The van der Waals surface area contributed by atoms with Gasteiger partial charge in [0.15, 0.2) is 5.17 Å². The molecule has 3 aromatic rings. The Kier molecular flexibility index (Phi) is 5.76. The highest BCUT2D eigenvalue weighted by Gasteiger charge is 2.30. The number of benzene rings is 3. The molecule has 0 aromatic heterocycles. The Morgan fingerprint density at radius 1 is 0.897 bits per heavy atom. The first-order valence-corrected chi connectivity index (χ1v) is 10.4. The van der Waals surface area contributed by atoms with Gasteiger partial charge in [0.2, 0.25) is 0 Å². The van der Waals surface area contributed by atoms with Gasteiger partial charge in [-0.05, 0) is 77.0 Å². The molecular weight excluding hydrogens is 423 g/mol. The van der Waals surface area contributed by atoms with E-state index < -0.39 is 0 Å². The number of carbonyl (C=O) groups excluding carboxylic acids is 1. The normalized spacial score (nSPS) is 16.8. The quantitative estimate of drug-likeness (QED) is 0.416. The summed E-state index contributed by atoms with van der Waals surface area (Å²) in [7, 11) is 1.73. The van der Waals surface area contributed by atoms with Gasteiger partial charge in [-0.2, -0.15) is 0 Å². The number of carbonyl (C=O) groups is 1. The summed E-state index contributed by atoms with van der Waals surface area (Å²) in [5.41, 5.74) is 3.84. The minimum Gasteiger partial charge on any atom is -0.290 e. The zero-order valence-electron chi connectivity index (χ0n) is 15.5. The molecule has 6 heteroatoms. The van der Waals surface area contributed by atoms with Crippen LogP contribution in [0.5, 0.6) is 0 Å². The molecule has 0 unspecified atom stereocenters. The summed E-state index contributed by atoms with van der Waals surface area (Å²) < 4.78 is 0. The maximum Gasteiger partial charge on any atom is 0.266 e. The van der Waals surface area contributed by atoms with Crippen molar-refractivity contribution < 1.29 is 4.79 Å². The smallest absolute Gasteiger partial charge is 0.266 e. The first-order chi connectivity index (χ1) is 14.0. The van der Waals surface area contributed by atoms with Gasteiger partial charge in [0, 0.05) is 17.1 Å². The van der Waals surface area contributed by atoms with E-state index in [1.165, 1.54) is 11.8 Å². The summed E-state index contributed by atoms with van der Waals surface area (Å²) in [6.45, 7) is 0. The van der Waals surface area contributed by atoms with Gasteiger partial charge >= 0.3 is 0 Å². The molecule has 1 aliphatic rings. The number of amides is 1. The van der Waals surface area contributed by atoms with Gasteiger partial charge in [-0.1, -0.05) is 53.5 Å². The molecule has 1 heterocycles. The Morgan fingerprint density at radius 2 is 1.55 bits per heavy atom. The van der Waals surface area contributed by atoms with E-state index in [-0.39, 0.29) is 5.91 Å². The SMILES string of the molecule is CN1C(=O)/C(=C/c2cccc(-c3ccc(Cl)cc3)c2)SC1=Nc1ccc(Cl)cc1. The van der Waals surface area contributed by atoms with Crippen molar-refractivity contribution in [3.8, 4) is 11.1 Å². The van der Waals surface area contributed by atoms with Crippen LogP contribution in [0.3, 0.4) is 0 Å². The summed E-state index contributed by atoms with van der Waals surface area (Å²) in [6, 6.07) is 23.0. The average Bonchev–Trinajstić information content (AvgIpc) is 2.98. The third-order valence-electron chi connectivity index (χ3n) is 4.42. The number of hydrogen-bond acceptors (Lipinski definition) is 3. The van der Waals surface area contributed by atoms with E-state index in [2.05, 4.69) is 11.1 Å². The number of amidine groups is 1. The molecule has 144 valence electrons. The van der Waals surface area contributed by atoms with Crippen LogP contribution in [0.15, 0.2) is 82.7 Å². The van der Waals surface area contributed by atoms with Gasteiger partial charge in [-0.25, -0.2) is 4.99 Å². The second kappa shape index (κ2) is 8.46. The molecule has 1 amide bonds. The lowest BCUT2D eigenvalue weighted by Gasteiger charge is -2.07. The van der Waals surface area contributed by atoms with E-state index in [0.29, 0.717) is 20.1 Å². The monoisotopic (exact) mass is 438 g/mol. The van der Waals surface area contributed by atoms with Crippen LogP contribution in [-0.2, 0) is 4.79 Å². The molecular formula is C23H16Cl2N2OS. The fourth-order valence-electron chi connectivity index (χ4n) is 2.88. The van der Waals surface area contributed by atoms with Crippen LogP contribution in [0, 0.1) is 0 Å². The molecule has 4 rings (SSSR count). The number of aliphatic imine (C=N–C) groups is 1. The van der Waals surface area contributed by atoms with E-state index in [4.69, 9.17) is 23.2 Å². The third-order valence-corrected chi connectivity index (χ3v) is 5.98. The number of thioether (sulfide) groups is 1. The van der Waals surface area contributed by atoms with Crippen LogP contribution < -0.4 is 0 Å². The van der Waals surface area contributed by atoms with E-state index in [9.17, 15) is 4.79 Å². The van der Waals surface area contributed by atoms with Crippen molar-refractivity contribution in [1.29, 1.82) is 0 Å². The lowest BCUT2D eigenvalue weighted by atomic mass is 10.0. The number of nitrogens with zero attached hydrogens (tertiary/aromatic N) is 2. The maximum absolute atomic E-state index is 12.7. The van der Waals surface area contributed by atoms with Crippen molar-refractivity contribution in [2.24, 2.45) is 4.99 Å². The second-order valence-electron chi connectivity index (χ2n) is 6.48. The molecule has 1 aliphatic heterocycles. The largest absolute Gasteiger partial charge is 0.290 e.